The van der Waals surface area contributed by atoms with Crippen LogP contribution in [0.3, 0.4) is 0 Å². The van der Waals surface area contributed by atoms with Gasteiger partial charge in [0.05, 0.1) is 26.2 Å². The average Bonchev–Trinajstić information content (AvgIpc) is 3.45. The Hall–Kier alpha value is -4.12. The van der Waals surface area contributed by atoms with Crippen LogP contribution in [0.4, 0.5) is 0 Å². The third-order valence-electron chi connectivity index (χ3n) is 12.9. The summed E-state index contributed by atoms with van der Waals surface area (Å²) >= 11 is 0. The lowest BCUT2D eigenvalue weighted by Crippen LogP contribution is -2.30. The van der Waals surface area contributed by atoms with Crippen molar-refractivity contribution in [3.8, 4) is 0 Å². The van der Waals surface area contributed by atoms with E-state index in [2.05, 4.69) is 118 Å². The molecule has 0 saturated carbocycles. The number of unbranched alkanes of at least 4 members (excludes halogenated alkanes) is 21. The van der Waals surface area contributed by atoms with Gasteiger partial charge in [0.2, 0.25) is 0 Å². The van der Waals surface area contributed by atoms with Crippen LogP contribution in [0.1, 0.15) is 252 Å². The summed E-state index contributed by atoms with van der Waals surface area (Å²) in [6.07, 6.45) is 76.2. The molecule has 2 N–H and O–H groups in total. The summed E-state index contributed by atoms with van der Waals surface area (Å²) in [4.78, 5) is 48.6. The summed E-state index contributed by atoms with van der Waals surface area (Å²) in [6.45, 7) is 4.29. The monoisotopic (exact) mass is 1140 g/mol. The van der Waals surface area contributed by atoms with Crippen LogP contribution >= 0.6 is 7.82 Å². The maximum Gasteiger partial charge on any atom is 0.472 e. The molecule has 11 nitrogen and oxygen atoms in total. The summed E-state index contributed by atoms with van der Waals surface area (Å²) in [7, 11) is -4.79. The summed E-state index contributed by atoms with van der Waals surface area (Å²) in [5, 5.41) is 9.82. The first-order valence-electron chi connectivity index (χ1n) is 31.4. The quantitative estimate of drug-likeness (QED) is 0.0197. The lowest BCUT2D eigenvalue weighted by atomic mass is 10.0. The van der Waals surface area contributed by atoms with Gasteiger partial charge in [-0.2, -0.15) is 0 Å². The third-order valence-corrected chi connectivity index (χ3v) is 13.9. The van der Waals surface area contributed by atoms with Crippen LogP contribution in [0.2, 0.25) is 0 Å². The normalized spacial score (nSPS) is 14.1. The fraction of sp³-hybridized carbons (Fsp3) is 0.662. The minimum Gasteiger partial charge on any atom is -0.462 e. The van der Waals surface area contributed by atoms with Gasteiger partial charge in [0.15, 0.2) is 6.10 Å². The number of esters is 3. The maximum atomic E-state index is 12.9. The van der Waals surface area contributed by atoms with E-state index in [-0.39, 0.29) is 25.9 Å². The van der Waals surface area contributed by atoms with Crippen LogP contribution in [0.25, 0.3) is 0 Å². The van der Waals surface area contributed by atoms with Crippen LogP contribution in [0.15, 0.2) is 122 Å². The summed E-state index contributed by atoms with van der Waals surface area (Å²) in [5.41, 5.74) is 0. The highest BCUT2D eigenvalue weighted by Gasteiger charge is 2.28. The number of allylic oxidation sites excluding steroid dienone is 19. The second-order valence-electron chi connectivity index (χ2n) is 20.5. The van der Waals surface area contributed by atoms with E-state index in [4.69, 9.17) is 23.3 Å². The summed E-state index contributed by atoms with van der Waals surface area (Å²) < 4.78 is 39.5. The van der Waals surface area contributed by atoms with Crippen molar-refractivity contribution in [1.82, 2.24) is 0 Å². The predicted octanol–water partition coefficient (Wildman–Crippen LogP) is 19.1. The standard InChI is InChI=1S/C68H113O11P/c1-4-7-10-13-16-19-22-25-28-30-32-34-37-39-42-45-48-51-54-57-66(70)75-61-65(79-68(72)59-56-53-50-47-44-41-38-35-33-31-29-26-23-20-17-14-11-8-5-2)63-77-80(73,74)76-62-64(60-69)78-67(71)58-55-52-49-46-43-40-36-27-24-21-18-15-12-9-6-3/h8-9,11-12,17-18,20-21,26-27,29,33,35-36,41,43-44,46,52,55,64-65,69H,4-7,10,13-16,19,22-25,28,30-32,34,37-40,42,45,47-51,53-54,56-63H2,1-3H3,(H,73,74)/b11-8-,12-9-,20-17-,21-18-,29-26-,35-33-,36-27-,44-41-,46-43-,55-52-. The lowest BCUT2D eigenvalue weighted by Gasteiger charge is -2.21. The fourth-order valence-corrected chi connectivity index (χ4v) is 9.01. The Labute approximate surface area is 487 Å². The van der Waals surface area contributed by atoms with Gasteiger partial charge in [-0.3, -0.25) is 23.4 Å². The highest BCUT2D eigenvalue weighted by molar-refractivity contribution is 7.47. The molecular formula is C68H113O11P. The van der Waals surface area contributed by atoms with Crippen molar-refractivity contribution >= 4 is 25.7 Å². The zero-order valence-electron chi connectivity index (χ0n) is 50.5. The molecule has 0 saturated heterocycles. The number of hydrogen-bond acceptors (Lipinski definition) is 10. The van der Waals surface area contributed by atoms with Crippen LogP contribution in [0.5, 0.6) is 0 Å². The molecule has 0 aliphatic rings. The predicted molar refractivity (Wildman–Crippen MR) is 334 cm³/mol. The van der Waals surface area contributed by atoms with Crippen molar-refractivity contribution in [2.75, 3.05) is 26.4 Å². The molecule has 0 radical (unpaired) electrons. The number of rotatable bonds is 57. The molecule has 3 unspecified atom stereocenters. The Kier molecular flexibility index (Phi) is 57.8. The number of carbonyl (C=O) groups excluding carboxylic acids is 3. The van der Waals surface area contributed by atoms with Crippen LogP contribution in [0, 0.1) is 0 Å². The SMILES string of the molecule is CC/C=C\C/C=C\C/C=C\C/C=C\C/C=C\CCCCCC(=O)OC(COC(=O)CCCCCCCCCCCCCCCCCCCCC)COP(=O)(O)OCC(CO)OC(=O)C/C=C\C/C=C\C/C=C\C/C=C\C/C=C\CC. The zero-order valence-corrected chi connectivity index (χ0v) is 51.4. The van der Waals surface area contributed by atoms with Gasteiger partial charge < -0.3 is 24.2 Å². The highest BCUT2D eigenvalue weighted by atomic mass is 31.2. The van der Waals surface area contributed by atoms with E-state index in [9.17, 15) is 28.9 Å². The first-order valence-corrected chi connectivity index (χ1v) is 32.9. The van der Waals surface area contributed by atoms with Crippen molar-refractivity contribution in [2.45, 2.75) is 264 Å². The van der Waals surface area contributed by atoms with Gasteiger partial charge >= 0.3 is 25.7 Å². The van der Waals surface area contributed by atoms with Crippen molar-refractivity contribution in [3.63, 3.8) is 0 Å². The maximum absolute atomic E-state index is 12.9. The minimum absolute atomic E-state index is 0.0626. The number of ether oxygens (including phenoxy) is 3. The molecule has 456 valence electrons. The molecule has 0 fully saturated rings. The molecular weight excluding hydrogens is 1020 g/mol. The summed E-state index contributed by atoms with van der Waals surface area (Å²) in [6, 6.07) is 0. The van der Waals surface area contributed by atoms with E-state index < -0.39 is 57.8 Å². The fourth-order valence-electron chi connectivity index (χ4n) is 8.22. The number of hydrogen-bond donors (Lipinski definition) is 2. The molecule has 80 heavy (non-hydrogen) atoms. The first kappa shape index (κ1) is 75.9. The van der Waals surface area contributed by atoms with Gasteiger partial charge in [-0.25, -0.2) is 4.57 Å². The summed E-state index contributed by atoms with van der Waals surface area (Å²) in [5.74, 6) is -1.64. The van der Waals surface area contributed by atoms with E-state index in [1.165, 1.54) is 96.3 Å². The molecule has 0 aromatic heterocycles. The molecule has 0 aromatic rings. The number of aliphatic hydroxyl groups excluding tert-OH is 1. The van der Waals surface area contributed by atoms with E-state index in [1.54, 1.807) is 6.08 Å². The number of phosphoric ester groups is 1. The second-order valence-corrected chi connectivity index (χ2v) is 21.9. The highest BCUT2D eigenvalue weighted by Crippen LogP contribution is 2.43. The molecule has 0 amide bonds. The van der Waals surface area contributed by atoms with Gasteiger partial charge in [-0.15, -0.1) is 0 Å². The largest absolute Gasteiger partial charge is 0.472 e. The van der Waals surface area contributed by atoms with E-state index in [0.717, 1.165) is 96.3 Å². The van der Waals surface area contributed by atoms with Crippen molar-refractivity contribution in [1.29, 1.82) is 0 Å². The Balaban J connectivity index is 4.84. The van der Waals surface area contributed by atoms with Crippen LogP contribution in [-0.2, 0) is 42.2 Å². The molecule has 12 heteroatoms. The van der Waals surface area contributed by atoms with Crippen molar-refractivity contribution < 1.29 is 52.2 Å². The smallest absolute Gasteiger partial charge is 0.462 e. The Bertz CT molecular complexity index is 1800. The van der Waals surface area contributed by atoms with Gasteiger partial charge in [0.25, 0.3) is 0 Å². The van der Waals surface area contributed by atoms with E-state index in [0.29, 0.717) is 19.3 Å². The molecule has 0 aromatic carbocycles. The van der Waals surface area contributed by atoms with E-state index in [1.807, 2.05) is 18.2 Å². The second kappa shape index (κ2) is 61.0. The average molecular weight is 1140 g/mol. The minimum atomic E-state index is -4.79. The van der Waals surface area contributed by atoms with Crippen molar-refractivity contribution in [2.24, 2.45) is 0 Å². The number of carbonyl (C=O) groups is 3. The first-order chi connectivity index (χ1) is 39.2. The number of aliphatic hydroxyl groups is 1. The van der Waals surface area contributed by atoms with Crippen LogP contribution in [-0.4, -0.2) is 66.5 Å². The molecule has 3 atom stereocenters. The third kappa shape index (κ3) is 58.5. The molecule has 0 spiro atoms. The van der Waals surface area contributed by atoms with Gasteiger partial charge in [-0.1, -0.05) is 264 Å². The molecule has 0 rings (SSSR count). The van der Waals surface area contributed by atoms with Gasteiger partial charge in [0, 0.05) is 12.8 Å². The van der Waals surface area contributed by atoms with Crippen molar-refractivity contribution in [3.05, 3.63) is 122 Å². The molecule has 0 aliphatic carbocycles. The zero-order chi connectivity index (χ0) is 58.3. The Morgan fingerprint density at radius 2 is 0.700 bits per heavy atom. The van der Waals surface area contributed by atoms with Gasteiger partial charge in [0.1, 0.15) is 12.7 Å². The topological polar surface area (TPSA) is 155 Å². The Morgan fingerprint density at radius 3 is 1.10 bits per heavy atom. The molecule has 0 heterocycles. The molecule has 0 aliphatic heterocycles. The molecule has 0 bridgehead atoms. The van der Waals surface area contributed by atoms with Crippen LogP contribution < -0.4 is 0 Å². The van der Waals surface area contributed by atoms with E-state index >= 15 is 0 Å². The Morgan fingerprint density at radius 1 is 0.375 bits per heavy atom. The van der Waals surface area contributed by atoms with Gasteiger partial charge in [-0.05, 0) is 89.9 Å². The lowest BCUT2D eigenvalue weighted by molar-refractivity contribution is -0.161. The number of phosphoric acid groups is 1.